The minimum Gasteiger partial charge on any atom is -0.312 e. The van der Waals surface area contributed by atoms with Gasteiger partial charge in [0.1, 0.15) is 5.78 Å². The maximum atomic E-state index is 11.4. The summed E-state index contributed by atoms with van der Waals surface area (Å²) in [6.45, 7) is 31.9. The van der Waals surface area contributed by atoms with Crippen LogP contribution in [0.1, 0.15) is 130 Å². The summed E-state index contributed by atoms with van der Waals surface area (Å²) in [5.41, 5.74) is 1.92. The first-order valence-electron chi connectivity index (χ1n) is 22.6. The molecule has 0 saturated carbocycles. The van der Waals surface area contributed by atoms with Gasteiger partial charge in [-0.3, -0.25) is 33.6 Å². The van der Waals surface area contributed by atoms with Gasteiger partial charge in [-0.25, -0.2) is 0 Å². The fourth-order valence-electron chi connectivity index (χ4n) is 4.30. The minimum absolute atomic E-state index is 0.00444. The standard InChI is InChI=1S/C10H16O2.C9H15NO.C9H17NO.C8H13NO.C8H12O2.C8H14O/c1-8(2)10(12)7-5-4-6-9(3)11;1-7(2)9(11)8-4-3-5-10-6-8;1-8(2)9(11)6-5-7-10(3)4;1-6(2)8(10)7-3-4-9-5-7;1-6(2)8(10)5-4-7(3)9;1-4-5-6-8(9)7(2)3/h5,7-8H,4,6H2,1-3H3;4,7,10H,3,5-6H2,1-2H3;5-6,8H,7H2,1-4H3;3,6,9H,4-5H2,1-2H3;4-6H,1-3H3;5-7H,4H2,1-3H3/b7-5+;;6-5+;;5-4+;6-5+. The summed E-state index contributed by atoms with van der Waals surface area (Å²) in [6.07, 6.45) is 20.2. The van der Waals surface area contributed by atoms with Crippen molar-refractivity contribution in [1.82, 2.24) is 15.5 Å². The summed E-state index contributed by atoms with van der Waals surface area (Å²) in [5.74, 6) is 1.77. The van der Waals surface area contributed by atoms with Crippen molar-refractivity contribution in [3.05, 3.63) is 71.9 Å². The Kier molecular flexibility index (Phi) is 41.9. The normalized spacial score (nSPS) is 13.5. The van der Waals surface area contributed by atoms with Crippen molar-refractivity contribution in [2.24, 2.45) is 35.5 Å². The summed E-state index contributed by atoms with van der Waals surface area (Å²) in [6, 6.07) is 0. The van der Waals surface area contributed by atoms with Gasteiger partial charge >= 0.3 is 0 Å². The second-order valence-corrected chi connectivity index (χ2v) is 17.4. The molecule has 2 rings (SSSR count). The van der Waals surface area contributed by atoms with E-state index in [1.54, 1.807) is 45.1 Å². The van der Waals surface area contributed by atoms with Crippen LogP contribution in [0.4, 0.5) is 0 Å². The van der Waals surface area contributed by atoms with E-state index in [-0.39, 0.29) is 81.8 Å². The Hall–Kier alpha value is -4.32. The highest BCUT2D eigenvalue weighted by atomic mass is 16.2. The van der Waals surface area contributed by atoms with Gasteiger partial charge in [0.15, 0.2) is 40.5 Å². The molecule has 0 fully saturated rings. The number of ketones is 8. The Labute approximate surface area is 382 Å². The third-order valence-electron chi connectivity index (χ3n) is 8.49. The lowest BCUT2D eigenvalue weighted by Crippen LogP contribution is -2.27. The van der Waals surface area contributed by atoms with Crippen LogP contribution >= 0.6 is 0 Å². The topological polar surface area (TPSA) is 164 Å². The zero-order chi connectivity index (χ0) is 49.7. The molecule has 0 aromatic rings. The molecule has 0 spiro atoms. The largest absolute Gasteiger partial charge is 0.312 e. The van der Waals surface area contributed by atoms with Gasteiger partial charge in [-0.05, 0) is 84.1 Å². The van der Waals surface area contributed by atoms with Gasteiger partial charge in [0.2, 0.25) is 0 Å². The number of carbonyl (C=O) groups excluding carboxylic acids is 8. The Bertz CT molecular complexity index is 1570. The molecule has 0 bridgehead atoms. The molecule has 358 valence electrons. The molecule has 0 aromatic carbocycles. The van der Waals surface area contributed by atoms with Crippen LogP contribution in [0.25, 0.3) is 0 Å². The lowest BCUT2D eigenvalue weighted by Gasteiger charge is -2.14. The van der Waals surface area contributed by atoms with Crippen molar-refractivity contribution in [2.45, 2.75) is 130 Å². The minimum atomic E-state index is -0.0889. The number of likely N-dealkylation sites (N-methyl/N-ethyl adjacent to an activating group) is 1. The molecule has 11 nitrogen and oxygen atoms in total. The van der Waals surface area contributed by atoms with E-state index >= 15 is 0 Å². The number of hydrogen-bond donors (Lipinski definition) is 2. The zero-order valence-electron chi connectivity index (χ0n) is 42.3. The summed E-state index contributed by atoms with van der Waals surface area (Å²) in [4.78, 5) is 89.1. The van der Waals surface area contributed by atoms with Gasteiger partial charge < -0.3 is 20.3 Å². The van der Waals surface area contributed by atoms with E-state index in [0.717, 1.165) is 56.7 Å². The van der Waals surface area contributed by atoms with E-state index < -0.39 is 0 Å². The van der Waals surface area contributed by atoms with E-state index in [4.69, 9.17) is 0 Å². The molecular formula is C52H87N3O8. The smallest absolute Gasteiger partial charge is 0.162 e. The third-order valence-corrected chi connectivity index (χ3v) is 8.49. The maximum Gasteiger partial charge on any atom is 0.162 e. The second kappa shape index (κ2) is 40.5. The number of hydrogen-bond acceptors (Lipinski definition) is 11. The number of allylic oxidation sites excluding steroid dienone is 7. The average molecular weight is 882 g/mol. The maximum absolute atomic E-state index is 11.4. The van der Waals surface area contributed by atoms with Gasteiger partial charge in [-0.1, -0.05) is 120 Å². The molecule has 0 atom stereocenters. The molecule has 11 heteroatoms. The first kappa shape index (κ1) is 65.3. The Morgan fingerprint density at radius 1 is 0.556 bits per heavy atom. The number of Topliss-reactive ketones (excluding diaryl/α,β-unsaturated/α-hetero) is 3. The molecule has 0 unspecified atom stereocenters. The molecule has 2 aliphatic rings. The van der Waals surface area contributed by atoms with E-state index in [0.29, 0.717) is 12.8 Å². The quantitative estimate of drug-likeness (QED) is 0.119. The van der Waals surface area contributed by atoms with Crippen LogP contribution in [0, 0.1) is 35.5 Å². The second-order valence-electron chi connectivity index (χ2n) is 17.4. The van der Waals surface area contributed by atoms with Crippen molar-refractivity contribution in [1.29, 1.82) is 0 Å². The van der Waals surface area contributed by atoms with Gasteiger partial charge in [0.05, 0.1) is 0 Å². The van der Waals surface area contributed by atoms with Crippen LogP contribution in [0.5, 0.6) is 0 Å². The molecule has 63 heavy (non-hydrogen) atoms. The lowest BCUT2D eigenvalue weighted by molar-refractivity contribution is -0.119. The monoisotopic (exact) mass is 882 g/mol. The average Bonchev–Trinajstić information content (AvgIpc) is 3.76. The van der Waals surface area contributed by atoms with Gasteiger partial charge in [0.25, 0.3) is 0 Å². The third kappa shape index (κ3) is 42.7. The van der Waals surface area contributed by atoms with Gasteiger partial charge in [-0.15, -0.1) is 0 Å². The van der Waals surface area contributed by atoms with Crippen LogP contribution in [0.15, 0.2) is 71.9 Å². The molecule has 2 heterocycles. The Morgan fingerprint density at radius 2 is 0.968 bits per heavy atom. The fraction of sp³-hybridized carbons (Fsp3) is 0.615. The van der Waals surface area contributed by atoms with Crippen LogP contribution in [-0.4, -0.2) is 98.0 Å². The van der Waals surface area contributed by atoms with Crippen molar-refractivity contribution in [3.63, 3.8) is 0 Å². The molecule has 0 amide bonds. The molecule has 2 aliphatic heterocycles. The van der Waals surface area contributed by atoms with Crippen molar-refractivity contribution >= 4 is 46.3 Å². The highest BCUT2D eigenvalue weighted by Crippen LogP contribution is 2.09. The summed E-state index contributed by atoms with van der Waals surface area (Å²) in [7, 11) is 3.95. The lowest BCUT2D eigenvalue weighted by atomic mass is 9.98. The number of carbonyl (C=O) groups is 8. The number of rotatable bonds is 19. The van der Waals surface area contributed by atoms with E-state index in [2.05, 4.69) is 16.7 Å². The fourth-order valence-corrected chi connectivity index (χ4v) is 4.30. The van der Waals surface area contributed by atoms with E-state index in [1.165, 1.54) is 19.1 Å². The molecule has 2 N–H and O–H groups in total. The highest BCUT2D eigenvalue weighted by Gasteiger charge is 2.16. The molecular weight excluding hydrogens is 795 g/mol. The van der Waals surface area contributed by atoms with Crippen LogP contribution < -0.4 is 10.6 Å². The predicted molar refractivity (Wildman–Crippen MR) is 262 cm³/mol. The van der Waals surface area contributed by atoms with Crippen LogP contribution in [-0.2, 0) is 38.4 Å². The zero-order valence-corrected chi connectivity index (χ0v) is 42.3. The number of nitrogens with one attached hydrogen (secondary N) is 2. The summed E-state index contributed by atoms with van der Waals surface area (Å²) >= 11 is 0. The summed E-state index contributed by atoms with van der Waals surface area (Å²) in [5, 5.41) is 6.28. The first-order chi connectivity index (χ1) is 29.2. The van der Waals surface area contributed by atoms with Gasteiger partial charge in [0, 0.05) is 79.3 Å². The van der Waals surface area contributed by atoms with Crippen molar-refractivity contribution in [3.8, 4) is 0 Å². The Morgan fingerprint density at radius 3 is 1.30 bits per heavy atom. The van der Waals surface area contributed by atoms with Crippen LogP contribution in [0.2, 0.25) is 0 Å². The van der Waals surface area contributed by atoms with Crippen LogP contribution in [0.3, 0.4) is 0 Å². The SMILES string of the molecule is CC(=O)/C=C/C(=O)C(C)C.CC(=O)CC/C=C/C(=O)C(C)C.CC(C)C(=O)/C=C/CN(C)C.CC(C)C(=O)C1=CCCNC1.CC(C)C(=O)C1=CCNC1.CC/C=C/C(=O)C(C)C. The highest BCUT2D eigenvalue weighted by molar-refractivity contribution is 5.99. The summed E-state index contributed by atoms with van der Waals surface area (Å²) < 4.78 is 0. The molecule has 0 aromatic heterocycles. The first-order valence-corrected chi connectivity index (χ1v) is 22.6. The molecule has 0 aliphatic carbocycles. The van der Waals surface area contributed by atoms with Gasteiger partial charge in [-0.2, -0.15) is 0 Å². The Balaban J connectivity index is -0.000000332. The molecule has 0 saturated heterocycles. The molecule has 0 radical (unpaired) electrons. The van der Waals surface area contributed by atoms with E-state index in [9.17, 15) is 38.4 Å². The van der Waals surface area contributed by atoms with Crippen molar-refractivity contribution < 1.29 is 38.4 Å². The number of nitrogens with zero attached hydrogens (tertiary/aromatic N) is 1. The van der Waals surface area contributed by atoms with E-state index in [1.807, 2.05) is 113 Å². The van der Waals surface area contributed by atoms with Crippen molar-refractivity contribution in [2.75, 3.05) is 46.8 Å². The predicted octanol–water partition coefficient (Wildman–Crippen LogP) is 8.87.